The third-order valence-electron chi connectivity index (χ3n) is 3.20. The van der Waals surface area contributed by atoms with E-state index < -0.39 is 5.81 Å². The van der Waals surface area contributed by atoms with E-state index in [1.165, 1.54) is 0 Å². The maximum Gasteiger partial charge on any atom is 3.00 e. The molecule has 0 bridgehead atoms. The van der Waals surface area contributed by atoms with Crippen molar-refractivity contribution in [3.63, 3.8) is 0 Å². The second-order valence-electron chi connectivity index (χ2n) is 4.35. The first-order chi connectivity index (χ1) is 8.25. The van der Waals surface area contributed by atoms with E-state index in [1.54, 1.807) is 0 Å². The molecule has 1 fully saturated rings. The maximum absolute atomic E-state index is 10.6. The molecule has 4 nitrogen and oxygen atoms in total. The van der Waals surface area contributed by atoms with Crippen LogP contribution in [0.3, 0.4) is 0 Å². The molecule has 0 saturated heterocycles. The summed E-state index contributed by atoms with van der Waals surface area (Å²) < 4.78 is 5.28. The van der Waals surface area contributed by atoms with E-state index in [9.17, 15) is 4.79 Å². The Kier molecular flexibility index (Phi) is 4.23. The molecular formula is C12H10BN2O2Y+2. The van der Waals surface area contributed by atoms with E-state index in [1.807, 2.05) is 18.2 Å². The molecule has 1 aromatic carbocycles. The van der Waals surface area contributed by atoms with Gasteiger partial charge in [0.25, 0.3) is 0 Å². The molecule has 1 aliphatic rings. The molecule has 2 atom stereocenters. The van der Waals surface area contributed by atoms with Gasteiger partial charge in [-0.2, -0.15) is 0 Å². The average Bonchev–Trinajstić information content (AvgIpc) is 2.92. The summed E-state index contributed by atoms with van der Waals surface area (Å²) in [6, 6.07) is 5.90. The largest absolute Gasteiger partial charge is 3.00 e. The first-order valence-electron chi connectivity index (χ1n) is 5.54. The molecule has 1 heterocycles. The number of nitrogens with zero attached hydrogens (tertiary/aromatic N) is 1. The number of nitrogens with one attached hydrogen (secondary N) is 1. The minimum atomic E-state index is -0.471. The van der Waals surface area contributed by atoms with Gasteiger partial charge in [-0.1, -0.05) is 17.7 Å². The quantitative estimate of drug-likeness (QED) is 0.692. The molecule has 1 saturated carbocycles. The fourth-order valence-electron chi connectivity index (χ4n) is 2.24. The Hall–Kier alpha value is -0.671. The van der Waals surface area contributed by atoms with Crippen molar-refractivity contribution in [2.45, 2.75) is 12.3 Å². The Morgan fingerprint density at radius 2 is 2.44 bits per heavy atom. The van der Waals surface area contributed by atoms with Crippen molar-refractivity contribution >= 4 is 24.8 Å². The number of para-hydroxylation sites is 1. The number of rotatable bonds is 3. The normalized spacial score (nSPS) is 21.3. The second kappa shape index (κ2) is 5.53. The van der Waals surface area contributed by atoms with Gasteiger partial charge in [-0.25, -0.2) is 0 Å². The van der Waals surface area contributed by atoms with Gasteiger partial charge >= 0.3 is 32.7 Å². The first kappa shape index (κ1) is 13.8. The molecule has 1 N–H and O–H groups in total. The Labute approximate surface area is 131 Å². The van der Waals surface area contributed by atoms with Crippen molar-refractivity contribution in [3.05, 3.63) is 30.2 Å². The number of aromatic nitrogens is 1. The third kappa shape index (κ3) is 2.67. The van der Waals surface area contributed by atoms with Gasteiger partial charge in [0.05, 0.1) is 0 Å². The molecule has 6 heteroatoms. The van der Waals surface area contributed by atoms with Gasteiger partial charge in [0.2, 0.25) is 0 Å². The SMILES string of the molecule is [B]C(=O)NCC1CC1c1cccc2n[c-]oc12.[Y+3]. The van der Waals surface area contributed by atoms with Crippen LogP contribution in [0.15, 0.2) is 22.6 Å². The summed E-state index contributed by atoms with van der Waals surface area (Å²) in [6.07, 6.45) is 3.55. The van der Waals surface area contributed by atoms with Crippen LogP contribution in [0, 0.1) is 12.3 Å². The Bertz CT molecular complexity index is 572. The van der Waals surface area contributed by atoms with Gasteiger partial charge in [-0.05, 0) is 29.4 Å². The summed E-state index contributed by atoms with van der Waals surface area (Å²) in [4.78, 5) is 14.6. The molecule has 2 unspecified atom stereocenters. The van der Waals surface area contributed by atoms with Crippen LogP contribution < -0.4 is 5.32 Å². The Morgan fingerprint density at radius 1 is 1.61 bits per heavy atom. The van der Waals surface area contributed by atoms with E-state index in [0.717, 1.165) is 23.1 Å². The predicted molar refractivity (Wildman–Crippen MR) is 62.8 cm³/mol. The number of amides is 1. The van der Waals surface area contributed by atoms with Crippen molar-refractivity contribution < 1.29 is 41.9 Å². The number of hydrogen-bond donors (Lipinski definition) is 1. The van der Waals surface area contributed by atoms with Crippen molar-refractivity contribution in [3.8, 4) is 0 Å². The number of benzene rings is 1. The zero-order valence-corrected chi connectivity index (χ0v) is 12.6. The van der Waals surface area contributed by atoms with Crippen LogP contribution in [0.2, 0.25) is 0 Å². The van der Waals surface area contributed by atoms with E-state index >= 15 is 0 Å². The maximum atomic E-state index is 10.6. The molecule has 1 aromatic heterocycles. The summed E-state index contributed by atoms with van der Waals surface area (Å²) in [5.41, 5.74) is 2.78. The molecule has 3 rings (SSSR count). The van der Waals surface area contributed by atoms with Crippen molar-refractivity contribution in [2.24, 2.45) is 5.92 Å². The van der Waals surface area contributed by atoms with Gasteiger partial charge < -0.3 is 14.7 Å². The number of hydrogen-bond acceptors (Lipinski definition) is 3. The topological polar surface area (TPSA) is 55.1 Å². The summed E-state index contributed by atoms with van der Waals surface area (Å²) in [6.45, 7) is 0.619. The smallest absolute Gasteiger partial charge is 0.573 e. The van der Waals surface area contributed by atoms with Crippen LogP contribution in [-0.2, 0) is 32.7 Å². The van der Waals surface area contributed by atoms with E-state index in [0.29, 0.717) is 18.4 Å². The molecular weight excluding hydrogens is 304 g/mol. The van der Waals surface area contributed by atoms with Crippen molar-refractivity contribution in [2.75, 3.05) is 6.54 Å². The van der Waals surface area contributed by atoms with E-state index in [-0.39, 0.29) is 32.7 Å². The van der Waals surface area contributed by atoms with Gasteiger partial charge in [0.15, 0.2) is 13.7 Å². The predicted octanol–water partition coefficient (Wildman–Crippen LogP) is 1.61. The van der Waals surface area contributed by atoms with Crippen LogP contribution in [0.25, 0.3) is 11.1 Å². The Balaban J connectivity index is 0.00000120. The third-order valence-corrected chi connectivity index (χ3v) is 3.20. The minimum Gasteiger partial charge on any atom is -0.573 e. The van der Waals surface area contributed by atoms with E-state index in [4.69, 9.17) is 12.3 Å². The zero-order chi connectivity index (χ0) is 11.8. The van der Waals surface area contributed by atoms with Crippen LogP contribution in [0.5, 0.6) is 0 Å². The Morgan fingerprint density at radius 3 is 3.22 bits per heavy atom. The molecule has 2 radical (unpaired) electrons. The summed E-state index contributed by atoms with van der Waals surface area (Å²) in [7, 11) is 5.04. The molecule has 1 aliphatic carbocycles. The number of carbonyl (C=O) groups is 1. The first-order valence-corrected chi connectivity index (χ1v) is 5.54. The fourth-order valence-corrected chi connectivity index (χ4v) is 2.24. The van der Waals surface area contributed by atoms with Gasteiger partial charge in [-0.3, -0.25) is 4.79 Å². The number of oxazole rings is 1. The van der Waals surface area contributed by atoms with E-state index in [2.05, 4.69) is 16.7 Å². The molecule has 84 valence electrons. The number of fused-ring (bicyclic) bond motifs is 1. The van der Waals surface area contributed by atoms with Gasteiger partial charge in [-0.15, -0.1) is 6.07 Å². The average molecular weight is 314 g/mol. The van der Waals surface area contributed by atoms with Gasteiger partial charge in [0, 0.05) is 6.54 Å². The molecule has 2 aromatic rings. The molecule has 0 spiro atoms. The standard InChI is InChI=1S/C12H10BN2O2.Y/c13-12(16)14-5-7-4-9(7)8-2-1-3-10-11(8)17-6-15-10;/h1-3,7,9H,4-5H2,(H,14,16);/q-1;+3. The van der Waals surface area contributed by atoms with Crippen LogP contribution in [0.4, 0.5) is 4.79 Å². The van der Waals surface area contributed by atoms with Crippen LogP contribution in [0.1, 0.15) is 17.9 Å². The monoisotopic (exact) mass is 314 g/mol. The molecule has 18 heavy (non-hydrogen) atoms. The zero-order valence-electron chi connectivity index (χ0n) is 9.72. The van der Waals surface area contributed by atoms with Gasteiger partial charge in [0.1, 0.15) is 6.39 Å². The van der Waals surface area contributed by atoms with Crippen molar-refractivity contribution in [1.29, 1.82) is 0 Å². The van der Waals surface area contributed by atoms with Crippen molar-refractivity contribution in [1.82, 2.24) is 10.3 Å². The molecule has 1 amide bonds. The number of carbonyl (C=O) groups excluding carboxylic acids is 1. The molecule has 0 aliphatic heterocycles. The van der Waals surface area contributed by atoms with Crippen LogP contribution >= 0.6 is 0 Å². The summed E-state index contributed by atoms with van der Waals surface area (Å²) in [5.74, 6) is 0.395. The van der Waals surface area contributed by atoms with Crippen LogP contribution in [-0.4, -0.2) is 25.2 Å². The summed E-state index contributed by atoms with van der Waals surface area (Å²) in [5, 5.41) is 2.63. The summed E-state index contributed by atoms with van der Waals surface area (Å²) >= 11 is 0. The fraction of sp³-hybridized carbons (Fsp3) is 0.333. The second-order valence-corrected chi connectivity index (χ2v) is 4.35. The minimum absolute atomic E-state index is 0.